The third-order valence-corrected chi connectivity index (χ3v) is 8.89. The van der Waals surface area contributed by atoms with Crippen LogP contribution in [0.4, 0.5) is 25.0 Å². The fourth-order valence-corrected chi connectivity index (χ4v) is 6.62. The molecular formula is C26H26F2N4O4S. The predicted molar refractivity (Wildman–Crippen MR) is 135 cm³/mol. The average Bonchev–Trinajstić information content (AvgIpc) is 3.24. The van der Waals surface area contributed by atoms with Gasteiger partial charge in [0.25, 0.3) is 16.4 Å². The number of anilines is 2. The molecule has 0 bridgehead atoms. The van der Waals surface area contributed by atoms with E-state index >= 15 is 0 Å². The number of piperidine rings is 1. The molecule has 1 N–H and O–H groups in total. The second kappa shape index (κ2) is 9.62. The molecule has 0 saturated carbocycles. The summed E-state index contributed by atoms with van der Waals surface area (Å²) in [7, 11) is -2.45. The number of alkyl halides is 2. The van der Waals surface area contributed by atoms with Gasteiger partial charge in [0.15, 0.2) is 0 Å². The first-order valence-corrected chi connectivity index (χ1v) is 13.2. The molecule has 2 amide bonds. The highest BCUT2D eigenvalue weighted by molar-refractivity contribution is 7.92. The van der Waals surface area contributed by atoms with Gasteiger partial charge in [-0.05, 0) is 42.7 Å². The van der Waals surface area contributed by atoms with E-state index in [2.05, 4.69) is 10.3 Å². The van der Waals surface area contributed by atoms with Gasteiger partial charge < -0.3 is 15.0 Å². The highest BCUT2D eigenvalue weighted by Crippen LogP contribution is 2.48. The van der Waals surface area contributed by atoms with Crippen LogP contribution in [0.1, 0.15) is 30.4 Å². The van der Waals surface area contributed by atoms with Crippen LogP contribution < -0.4 is 14.4 Å². The Morgan fingerprint density at radius 3 is 2.38 bits per heavy atom. The van der Waals surface area contributed by atoms with Crippen molar-refractivity contribution in [3.05, 3.63) is 78.0 Å². The fourth-order valence-electron chi connectivity index (χ4n) is 5.05. The summed E-state index contributed by atoms with van der Waals surface area (Å²) in [5, 5.41) is 2.84. The number of benzene rings is 2. The molecule has 2 aromatic carbocycles. The highest BCUT2D eigenvalue weighted by Gasteiger charge is 2.48. The number of sulfonamides is 1. The predicted octanol–water partition coefficient (Wildman–Crippen LogP) is 4.80. The Kier molecular flexibility index (Phi) is 6.49. The number of carbonyl (C=O) groups excluding carboxylic acids is 1. The SMILES string of the molecule is COc1ccc(NC(=O)N2CCC3(CC2)CN(S(=O)(=O)c2ccc(C(F)F)cc2)c2ccccc23)cn1. The number of nitrogens with zero attached hydrogens (tertiary/aromatic N) is 3. The number of ether oxygens (including phenoxy) is 1. The smallest absolute Gasteiger partial charge is 0.321 e. The van der Waals surface area contributed by atoms with E-state index in [1.807, 2.05) is 12.1 Å². The molecule has 0 atom stereocenters. The zero-order valence-corrected chi connectivity index (χ0v) is 20.9. The molecule has 3 heterocycles. The monoisotopic (exact) mass is 528 g/mol. The fraction of sp³-hybridized carbons (Fsp3) is 0.308. The lowest BCUT2D eigenvalue weighted by Gasteiger charge is -2.39. The van der Waals surface area contributed by atoms with Crippen molar-refractivity contribution >= 4 is 27.4 Å². The first-order chi connectivity index (χ1) is 17.7. The summed E-state index contributed by atoms with van der Waals surface area (Å²) in [5.74, 6) is 0.447. The van der Waals surface area contributed by atoms with Crippen LogP contribution in [0.5, 0.6) is 5.88 Å². The van der Waals surface area contributed by atoms with Crippen LogP contribution in [0.15, 0.2) is 71.8 Å². The van der Waals surface area contributed by atoms with E-state index in [9.17, 15) is 22.0 Å². The van der Waals surface area contributed by atoms with Crippen molar-refractivity contribution in [1.29, 1.82) is 0 Å². The molecule has 0 aliphatic carbocycles. The molecule has 2 aliphatic heterocycles. The molecule has 0 unspecified atom stereocenters. The maximum atomic E-state index is 13.6. The zero-order valence-electron chi connectivity index (χ0n) is 20.1. The molecule has 3 aromatic rings. The number of likely N-dealkylation sites (tertiary alicyclic amines) is 1. The second-order valence-corrected chi connectivity index (χ2v) is 11.0. The standard InChI is InChI=1S/C26H26F2N4O4S/c1-36-23-11-8-19(16-29-23)30-25(33)31-14-12-26(13-15-31)17-32(22-5-3-2-4-21(22)26)37(34,35)20-9-6-18(7-10-20)24(27)28/h2-11,16,24H,12-15,17H2,1H3,(H,30,33). The van der Waals surface area contributed by atoms with Crippen LogP contribution in [-0.2, 0) is 15.4 Å². The van der Waals surface area contributed by atoms with Gasteiger partial charge >= 0.3 is 6.03 Å². The minimum absolute atomic E-state index is 0.0336. The lowest BCUT2D eigenvalue weighted by Crippen LogP contribution is -2.48. The minimum atomic E-state index is -3.97. The number of hydrogen-bond donors (Lipinski definition) is 1. The van der Waals surface area contributed by atoms with Gasteiger partial charge in [0.2, 0.25) is 5.88 Å². The molecule has 0 radical (unpaired) electrons. The molecule has 1 spiro atoms. The van der Waals surface area contributed by atoms with Gasteiger partial charge in [0.1, 0.15) is 0 Å². The van der Waals surface area contributed by atoms with Crippen molar-refractivity contribution in [2.75, 3.05) is 36.4 Å². The normalized spacial score (nSPS) is 16.6. The number of carbonyl (C=O) groups is 1. The van der Waals surface area contributed by atoms with Crippen molar-refractivity contribution < 1.29 is 26.7 Å². The number of pyridine rings is 1. The average molecular weight is 529 g/mol. The number of hydrogen-bond acceptors (Lipinski definition) is 5. The molecule has 1 aromatic heterocycles. The van der Waals surface area contributed by atoms with Crippen LogP contribution in [0.3, 0.4) is 0 Å². The van der Waals surface area contributed by atoms with Gasteiger partial charge in [-0.1, -0.05) is 30.3 Å². The number of nitrogens with one attached hydrogen (secondary N) is 1. The number of amides is 2. The van der Waals surface area contributed by atoms with Gasteiger partial charge in [0.05, 0.1) is 29.6 Å². The Hall–Kier alpha value is -3.73. The maximum Gasteiger partial charge on any atom is 0.321 e. The summed E-state index contributed by atoms with van der Waals surface area (Å²) in [6, 6.07) is 15.2. The summed E-state index contributed by atoms with van der Waals surface area (Å²) in [6.07, 6.45) is 0.00538. The van der Waals surface area contributed by atoms with Crippen LogP contribution in [0.25, 0.3) is 0 Å². The Balaban J connectivity index is 1.34. The second-order valence-electron chi connectivity index (χ2n) is 9.19. The first kappa shape index (κ1) is 24.9. The van der Waals surface area contributed by atoms with Crippen LogP contribution in [0.2, 0.25) is 0 Å². The van der Waals surface area contributed by atoms with E-state index in [-0.39, 0.29) is 23.0 Å². The lowest BCUT2D eigenvalue weighted by molar-refractivity contribution is 0.151. The minimum Gasteiger partial charge on any atom is -0.481 e. The van der Waals surface area contributed by atoms with Crippen LogP contribution in [-0.4, -0.2) is 51.1 Å². The maximum absolute atomic E-state index is 13.6. The lowest BCUT2D eigenvalue weighted by atomic mass is 9.74. The molecule has 1 saturated heterocycles. The van der Waals surface area contributed by atoms with Gasteiger partial charge in [0, 0.05) is 36.7 Å². The quantitative estimate of drug-likeness (QED) is 0.514. The number of methoxy groups -OCH3 is 1. The number of urea groups is 1. The van der Waals surface area contributed by atoms with Crippen molar-refractivity contribution in [2.24, 2.45) is 0 Å². The van der Waals surface area contributed by atoms with E-state index in [1.165, 1.54) is 29.7 Å². The molecule has 1 fully saturated rings. The van der Waals surface area contributed by atoms with Gasteiger partial charge in [-0.3, -0.25) is 4.31 Å². The molecule has 8 nitrogen and oxygen atoms in total. The number of rotatable bonds is 5. The largest absolute Gasteiger partial charge is 0.481 e. The third kappa shape index (κ3) is 4.59. The summed E-state index contributed by atoms with van der Waals surface area (Å²) in [5.41, 5.74) is 1.37. The topological polar surface area (TPSA) is 91.8 Å². The van der Waals surface area contributed by atoms with E-state index in [0.717, 1.165) is 17.7 Å². The Labute approximate surface area is 213 Å². The van der Waals surface area contributed by atoms with E-state index < -0.39 is 21.9 Å². The molecule has 37 heavy (non-hydrogen) atoms. The molecule has 5 rings (SSSR count). The van der Waals surface area contributed by atoms with Gasteiger partial charge in [-0.15, -0.1) is 0 Å². The third-order valence-electron chi connectivity index (χ3n) is 7.11. The molecular weight excluding hydrogens is 502 g/mol. The number of halogens is 2. The Morgan fingerprint density at radius 2 is 1.76 bits per heavy atom. The first-order valence-electron chi connectivity index (χ1n) is 11.8. The Morgan fingerprint density at radius 1 is 1.05 bits per heavy atom. The van der Waals surface area contributed by atoms with E-state index in [0.29, 0.717) is 43.2 Å². The number of para-hydroxylation sites is 1. The number of fused-ring (bicyclic) bond motifs is 2. The Bertz CT molecular complexity index is 1390. The molecule has 2 aliphatic rings. The van der Waals surface area contributed by atoms with Crippen molar-refractivity contribution in [2.45, 2.75) is 29.6 Å². The van der Waals surface area contributed by atoms with Crippen molar-refractivity contribution in [3.8, 4) is 5.88 Å². The van der Waals surface area contributed by atoms with Gasteiger partial charge in [-0.2, -0.15) is 0 Å². The van der Waals surface area contributed by atoms with Gasteiger partial charge in [-0.25, -0.2) is 27.0 Å². The van der Waals surface area contributed by atoms with Crippen molar-refractivity contribution in [1.82, 2.24) is 9.88 Å². The van der Waals surface area contributed by atoms with Crippen molar-refractivity contribution in [3.63, 3.8) is 0 Å². The molecule has 11 heteroatoms. The van der Waals surface area contributed by atoms with E-state index in [4.69, 9.17) is 4.74 Å². The van der Waals surface area contributed by atoms with Crippen LogP contribution in [0, 0.1) is 0 Å². The van der Waals surface area contributed by atoms with Crippen LogP contribution >= 0.6 is 0 Å². The highest BCUT2D eigenvalue weighted by atomic mass is 32.2. The molecule has 194 valence electrons. The van der Waals surface area contributed by atoms with E-state index in [1.54, 1.807) is 29.2 Å². The summed E-state index contributed by atoms with van der Waals surface area (Å²) >= 11 is 0. The summed E-state index contributed by atoms with van der Waals surface area (Å²) in [4.78, 5) is 18.6. The summed E-state index contributed by atoms with van der Waals surface area (Å²) < 4.78 is 59.5. The number of aromatic nitrogens is 1. The summed E-state index contributed by atoms with van der Waals surface area (Å²) in [6.45, 7) is 1.12. The zero-order chi connectivity index (χ0) is 26.2.